The quantitative estimate of drug-likeness (QED) is 0.593. The first kappa shape index (κ1) is 21.1. The van der Waals surface area contributed by atoms with Crippen molar-refractivity contribution >= 4 is 23.8 Å². The van der Waals surface area contributed by atoms with Crippen molar-refractivity contribution in [1.82, 2.24) is 14.9 Å². The molecule has 0 fully saturated rings. The van der Waals surface area contributed by atoms with Gasteiger partial charge in [-0.25, -0.2) is 4.98 Å². The van der Waals surface area contributed by atoms with Crippen LogP contribution in [0.25, 0.3) is 11.3 Å². The Bertz CT molecular complexity index is 1100. The van der Waals surface area contributed by atoms with Crippen molar-refractivity contribution in [1.29, 1.82) is 0 Å². The van der Waals surface area contributed by atoms with Gasteiger partial charge >= 0.3 is 0 Å². The number of hydrogen-bond acceptors (Lipinski definition) is 7. The zero-order chi connectivity index (χ0) is 22.0. The van der Waals surface area contributed by atoms with E-state index in [1.165, 1.54) is 11.9 Å². The second-order valence-electron chi connectivity index (χ2n) is 7.58. The van der Waals surface area contributed by atoms with Crippen LogP contribution in [0.3, 0.4) is 0 Å². The molecule has 1 amide bonds. The largest absolute Gasteiger partial charge is 0.471 e. The van der Waals surface area contributed by atoms with Gasteiger partial charge in [-0.15, -0.1) is 0 Å². The van der Waals surface area contributed by atoms with Crippen molar-refractivity contribution in [2.24, 2.45) is 5.73 Å². The molecule has 160 valence electrons. The summed E-state index contributed by atoms with van der Waals surface area (Å²) < 4.78 is 9.32. The summed E-state index contributed by atoms with van der Waals surface area (Å²) in [5.74, 6) is 0.760. The molecular weight excluding hydrogens is 410 g/mol. The summed E-state index contributed by atoms with van der Waals surface area (Å²) in [5.41, 5.74) is 10.6. The zero-order valence-corrected chi connectivity index (χ0v) is 18.6. The Balaban J connectivity index is 1.80. The number of benzene rings is 2. The number of ether oxygens (including phenoxy) is 1. The Kier molecular flexibility index (Phi) is 6.11. The maximum absolute atomic E-state index is 12.8. The second-order valence-corrected chi connectivity index (χ2v) is 8.45. The number of hydrogen-bond donors (Lipinski definition) is 2. The van der Waals surface area contributed by atoms with Gasteiger partial charge in [-0.1, -0.05) is 24.3 Å². The van der Waals surface area contributed by atoms with Crippen LogP contribution in [0.4, 0.5) is 5.95 Å². The minimum Gasteiger partial charge on any atom is -0.471 e. The molecule has 31 heavy (non-hydrogen) atoms. The molecule has 0 spiro atoms. The molecule has 0 radical (unpaired) electrons. The van der Waals surface area contributed by atoms with E-state index >= 15 is 0 Å². The van der Waals surface area contributed by atoms with Gasteiger partial charge in [-0.3, -0.25) is 9.52 Å². The number of anilines is 1. The van der Waals surface area contributed by atoms with Crippen LogP contribution in [-0.2, 0) is 0 Å². The molecule has 1 aliphatic heterocycles. The summed E-state index contributed by atoms with van der Waals surface area (Å²) in [6.45, 7) is 4.71. The number of aromatic nitrogens is 2. The normalized spacial score (nSPS) is 16.5. The van der Waals surface area contributed by atoms with Gasteiger partial charge in [0, 0.05) is 35.7 Å². The van der Waals surface area contributed by atoms with Gasteiger partial charge in [0.15, 0.2) is 0 Å². The molecule has 1 atom stereocenters. The van der Waals surface area contributed by atoms with Gasteiger partial charge < -0.3 is 15.4 Å². The molecule has 1 unspecified atom stereocenters. The Morgan fingerprint density at radius 1 is 1.16 bits per heavy atom. The zero-order valence-electron chi connectivity index (χ0n) is 17.8. The molecule has 2 heterocycles. The van der Waals surface area contributed by atoms with E-state index in [0.717, 1.165) is 27.3 Å². The van der Waals surface area contributed by atoms with Crippen LogP contribution in [0.15, 0.2) is 53.4 Å². The van der Waals surface area contributed by atoms with Crippen LogP contribution in [0.5, 0.6) is 5.88 Å². The van der Waals surface area contributed by atoms with Crippen molar-refractivity contribution < 1.29 is 9.53 Å². The monoisotopic (exact) mass is 435 g/mol. The number of carbonyl (C=O) groups excluding carboxylic acids is 1. The lowest BCUT2D eigenvalue weighted by molar-refractivity contribution is 0.0715. The van der Waals surface area contributed by atoms with Crippen molar-refractivity contribution in [3.63, 3.8) is 0 Å². The van der Waals surface area contributed by atoms with Crippen LogP contribution in [-0.4, -0.2) is 47.0 Å². The Morgan fingerprint density at radius 3 is 2.65 bits per heavy atom. The van der Waals surface area contributed by atoms with Crippen molar-refractivity contribution in [3.8, 4) is 17.1 Å². The number of aryl methyl sites for hydroxylation is 2. The molecular formula is C23H25N5O2S. The number of carbonyl (C=O) groups is 1. The van der Waals surface area contributed by atoms with Crippen LogP contribution in [0.2, 0.25) is 0 Å². The van der Waals surface area contributed by atoms with Gasteiger partial charge in [-0.05, 0) is 55.1 Å². The fraction of sp³-hybridized carbons (Fsp3) is 0.261. The van der Waals surface area contributed by atoms with Gasteiger partial charge in [0.2, 0.25) is 11.8 Å². The van der Waals surface area contributed by atoms with Gasteiger partial charge in [-0.2, -0.15) is 4.98 Å². The highest BCUT2D eigenvalue weighted by molar-refractivity contribution is 8.00. The number of amides is 1. The first-order valence-electron chi connectivity index (χ1n) is 10.1. The first-order chi connectivity index (χ1) is 14.9. The molecule has 0 aliphatic carbocycles. The lowest BCUT2D eigenvalue weighted by Crippen LogP contribution is -2.41. The molecule has 1 aliphatic rings. The van der Waals surface area contributed by atoms with E-state index in [4.69, 9.17) is 15.5 Å². The second kappa shape index (κ2) is 8.95. The molecule has 3 N–H and O–H groups in total. The molecule has 0 saturated heterocycles. The number of nitrogens with two attached hydrogens (primary N) is 1. The number of fused-ring (bicyclic) bond motifs is 4. The summed E-state index contributed by atoms with van der Waals surface area (Å²) in [6.07, 6.45) is -0.404. The number of rotatable bonds is 2. The number of nitrogens with one attached hydrogen (secondary N) is 1. The van der Waals surface area contributed by atoms with E-state index in [1.807, 2.05) is 30.3 Å². The fourth-order valence-corrected chi connectivity index (χ4v) is 4.25. The number of likely N-dealkylation sites (N-methyl/N-ethyl adjacent to an activating group) is 1. The highest BCUT2D eigenvalue weighted by atomic mass is 32.2. The molecule has 8 heteroatoms. The van der Waals surface area contributed by atoms with Crippen LogP contribution in [0, 0.1) is 13.8 Å². The lowest BCUT2D eigenvalue weighted by atomic mass is 10.00. The van der Waals surface area contributed by atoms with Gasteiger partial charge in [0.1, 0.15) is 6.10 Å². The van der Waals surface area contributed by atoms with E-state index in [0.29, 0.717) is 23.9 Å². The summed E-state index contributed by atoms with van der Waals surface area (Å²) >= 11 is 1.35. The third-order valence-corrected chi connectivity index (χ3v) is 5.93. The number of nitrogens with zero attached hydrogens (tertiary/aromatic N) is 3. The summed E-state index contributed by atoms with van der Waals surface area (Å²) in [7, 11) is 1.75. The highest BCUT2D eigenvalue weighted by Crippen LogP contribution is 2.30. The third-order valence-electron chi connectivity index (χ3n) is 5.16. The molecule has 1 aromatic heterocycles. The van der Waals surface area contributed by atoms with Crippen molar-refractivity contribution in [3.05, 3.63) is 65.2 Å². The third kappa shape index (κ3) is 4.65. The Hall–Kier alpha value is -3.10. The predicted octanol–water partition coefficient (Wildman–Crippen LogP) is 3.67. The molecule has 3 aromatic rings. The summed E-state index contributed by atoms with van der Waals surface area (Å²) in [6, 6.07) is 15.4. The van der Waals surface area contributed by atoms with Crippen molar-refractivity contribution in [2.45, 2.75) is 24.8 Å². The summed E-state index contributed by atoms with van der Waals surface area (Å²) in [4.78, 5) is 24.6. The summed E-state index contributed by atoms with van der Waals surface area (Å²) in [5, 5.41) is 0. The lowest BCUT2D eigenvalue weighted by Gasteiger charge is -2.24. The smallest absolute Gasteiger partial charge is 0.253 e. The van der Waals surface area contributed by atoms with Gasteiger partial charge in [0.25, 0.3) is 5.91 Å². The standard InChI is InChI=1S/C23H25N5O2S/c1-14-6-4-7-15(2)21(14)19-11-20-26-23(25-19)27-31-18-9-5-8-16(10-18)22(29)28(3)13-17(12-24)30-20/h4-11,17H,12-13,24H2,1-3H3,(H,25,26,27). The molecule has 2 aromatic carbocycles. The predicted molar refractivity (Wildman–Crippen MR) is 123 cm³/mol. The minimum absolute atomic E-state index is 0.0854. The Labute approximate surface area is 186 Å². The average molecular weight is 436 g/mol. The fourth-order valence-electron chi connectivity index (χ4n) is 3.61. The maximum Gasteiger partial charge on any atom is 0.253 e. The van der Waals surface area contributed by atoms with E-state index in [9.17, 15) is 4.79 Å². The first-order valence-corrected chi connectivity index (χ1v) is 10.9. The maximum atomic E-state index is 12.8. The van der Waals surface area contributed by atoms with Crippen LogP contribution in [0.1, 0.15) is 21.5 Å². The average Bonchev–Trinajstić information content (AvgIpc) is 2.76. The van der Waals surface area contributed by atoms with Crippen LogP contribution < -0.4 is 15.2 Å². The molecule has 4 bridgehead atoms. The van der Waals surface area contributed by atoms with Gasteiger partial charge in [0.05, 0.1) is 12.2 Å². The van der Waals surface area contributed by atoms with Crippen molar-refractivity contribution in [2.75, 3.05) is 24.9 Å². The van der Waals surface area contributed by atoms with E-state index in [2.05, 4.69) is 35.7 Å². The topological polar surface area (TPSA) is 93.4 Å². The van der Waals surface area contributed by atoms with E-state index < -0.39 is 6.10 Å². The minimum atomic E-state index is -0.404. The van der Waals surface area contributed by atoms with E-state index in [1.54, 1.807) is 18.0 Å². The Morgan fingerprint density at radius 2 is 1.90 bits per heavy atom. The van der Waals surface area contributed by atoms with E-state index in [-0.39, 0.29) is 12.5 Å². The SMILES string of the molecule is Cc1cccc(C)c1-c1cc2nc(n1)NSc1cccc(c1)C(=O)N(C)CC(CN)O2. The molecule has 0 saturated carbocycles. The highest BCUT2D eigenvalue weighted by Gasteiger charge is 2.21. The molecule has 7 nitrogen and oxygen atoms in total. The van der Waals surface area contributed by atoms with Crippen LogP contribution >= 0.6 is 11.9 Å². The molecule has 4 rings (SSSR count).